The van der Waals surface area contributed by atoms with Crippen LogP contribution in [-0.2, 0) is 6.54 Å². The molecule has 0 aliphatic carbocycles. The van der Waals surface area contributed by atoms with E-state index < -0.39 is 5.97 Å². The summed E-state index contributed by atoms with van der Waals surface area (Å²) < 4.78 is 0.698. The number of rotatable bonds is 4. The molecule has 0 bridgehead atoms. The molecule has 0 unspecified atom stereocenters. The topological polar surface area (TPSA) is 69.6 Å². The largest absolute Gasteiger partial charge is 0.478 e. The van der Waals surface area contributed by atoms with Gasteiger partial charge >= 0.3 is 12.0 Å². The molecule has 110 valence electrons. The molecule has 2 aromatic rings. The summed E-state index contributed by atoms with van der Waals surface area (Å²) in [6, 6.07) is 8.14. The minimum atomic E-state index is -1.08. The monoisotopic (exact) mass is 368 g/mol. The van der Waals surface area contributed by atoms with Gasteiger partial charge in [0, 0.05) is 16.4 Å². The number of amides is 2. The first-order valence-corrected chi connectivity index (χ1v) is 7.72. The summed E-state index contributed by atoms with van der Waals surface area (Å²) in [6.07, 6.45) is 0. The van der Waals surface area contributed by atoms with Crippen LogP contribution < -0.4 is 5.32 Å². The number of anilines is 1. The summed E-state index contributed by atoms with van der Waals surface area (Å²) in [4.78, 5) is 25.9. The number of halogens is 1. The number of urea groups is 1. The number of hydrogen-bond acceptors (Lipinski definition) is 3. The Morgan fingerprint density at radius 2 is 2.14 bits per heavy atom. The van der Waals surface area contributed by atoms with E-state index in [1.165, 1.54) is 11.0 Å². The molecule has 0 aliphatic heterocycles. The fourth-order valence-electron chi connectivity index (χ4n) is 1.73. The van der Waals surface area contributed by atoms with Gasteiger partial charge in [-0.05, 0) is 29.6 Å². The lowest BCUT2D eigenvalue weighted by molar-refractivity contribution is 0.0698. The molecule has 1 heterocycles. The SMILES string of the molecule is CN(Cc1cccs1)C(=O)Nc1cc(Br)ccc1C(=O)O. The molecular weight excluding hydrogens is 356 g/mol. The van der Waals surface area contributed by atoms with Crippen molar-refractivity contribution in [2.24, 2.45) is 0 Å². The van der Waals surface area contributed by atoms with Crippen LogP contribution in [0.5, 0.6) is 0 Å². The average Bonchev–Trinajstić information content (AvgIpc) is 2.91. The third-order valence-corrected chi connectivity index (χ3v) is 4.13. The first kappa shape index (κ1) is 15.5. The summed E-state index contributed by atoms with van der Waals surface area (Å²) in [5.74, 6) is -1.08. The van der Waals surface area contributed by atoms with Crippen LogP contribution in [0.4, 0.5) is 10.5 Å². The zero-order chi connectivity index (χ0) is 15.4. The molecule has 0 aliphatic rings. The van der Waals surface area contributed by atoms with Crippen LogP contribution in [0.15, 0.2) is 40.2 Å². The van der Waals surface area contributed by atoms with Crippen molar-refractivity contribution in [3.63, 3.8) is 0 Å². The van der Waals surface area contributed by atoms with Crippen LogP contribution in [0.25, 0.3) is 0 Å². The van der Waals surface area contributed by atoms with Crippen molar-refractivity contribution in [1.29, 1.82) is 0 Å². The summed E-state index contributed by atoms with van der Waals surface area (Å²) in [5, 5.41) is 13.7. The van der Waals surface area contributed by atoms with Crippen molar-refractivity contribution < 1.29 is 14.7 Å². The molecule has 0 fully saturated rings. The molecule has 0 radical (unpaired) electrons. The van der Waals surface area contributed by atoms with E-state index in [1.54, 1.807) is 30.5 Å². The standard InChI is InChI=1S/C14H13BrN2O3S/c1-17(8-10-3-2-6-21-10)14(20)16-12-7-9(15)4-5-11(12)13(18)19/h2-7H,8H2,1H3,(H,16,20)(H,18,19). The number of carbonyl (C=O) groups is 2. The molecule has 0 atom stereocenters. The van der Waals surface area contributed by atoms with Gasteiger partial charge in [0.25, 0.3) is 0 Å². The number of carbonyl (C=O) groups excluding carboxylic acids is 1. The van der Waals surface area contributed by atoms with E-state index in [-0.39, 0.29) is 17.3 Å². The van der Waals surface area contributed by atoms with Crippen molar-refractivity contribution in [3.8, 4) is 0 Å². The van der Waals surface area contributed by atoms with Crippen molar-refractivity contribution >= 4 is 45.0 Å². The van der Waals surface area contributed by atoms with Gasteiger partial charge in [0.2, 0.25) is 0 Å². The zero-order valence-corrected chi connectivity index (χ0v) is 13.6. The van der Waals surface area contributed by atoms with Crippen LogP contribution in [0.3, 0.4) is 0 Å². The number of carboxylic acid groups (broad SMARTS) is 1. The lowest BCUT2D eigenvalue weighted by Gasteiger charge is -2.18. The number of hydrogen-bond donors (Lipinski definition) is 2. The second-order valence-corrected chi connectivity index (χ2v) is 6.31. The molecule has 2 N–H and O–H groups in total. The van der Waals surface area contributed by atoms with E-state index in [4.69, 9.17) is 5.11 Å². The van der Waals surface area contributed by atoms with Gasteiger partial charge < -0.3 is 15.3 Å². The van der Waals surface area contributed by atoms with Gasteiger partial charge in [-0.1, -0.05) is 22.0 Å². The Morgan fingerprint density at radius 1 is 1.38 bits per heavy atom. The molecule has 0 saturated carbocycles. The maximum Gasteiger partial charge on any atom is 0.337 e. The van der Waals surface area contributed by atoms with Gasteiger partial charge in [-0.3, -0.25) is 0 Å². The Kier molecular flexibility index (Phi) is 4.98. The third kappa shape index (κ3) is 4.05. The van der Waals surface area contributed by atoms with Crippen LogP contribution in [-0.4, -0.2) is 29.1 Å². The predicted molar refractivity (Wildman–Crippen MR) is 85.9 cm³/mol. The first-order valence-electron chi connectivity index (χ1n) is 6.04. The number of thiophene rings is 1. The van der Waals surface area contributed by atoms with Gasteiger partial charge in [0.1, 0.15) is 0 Å². The zero-order valence-electron chi connectivity index (χ0n) is 11.2. The first-order chi connectivity index (χ1) is 9.97. The quantitative estimate of drug-likeness (QED) is 0.860. The van der Waals surface area contributed by atoms with Crippen molar-refractivity contribution in [2.45, 2.75) is 6.54 Å². The minimum absolute atomic E-state index is 0.0519. The molecule has 2 rings (SSSR count). The number of benzene rings is 1. The van der Waals surface area contributed by atoms with Gasteiger partial charge in [-0.25, -0.2) is 9.59 Å². The molecular formula is C14H13BrN2O3S. The van der Waals surface area contributed by atoms with E-state index in [9.17, 15) is 9.59 Å². The maximum absolute atomic E-state index is 12.1. The Morgan fingerprint density at radius 3 is 2.76 bits per heavy atom. The van der Waals surface area contributed by atoms with E-state index in [1.807, 2.05) is 17.5 Å². The summed E-state index contributed by atoms with van der Waals surface area (Å²) in [7, 11) is 1.66. The second kappa shape index (κ2) is 6.73. The predicted octanol–water partition coefficient (Wildman–Crippen LogP) is 3.87. The normalized spacial score (nSPS) is 10.2. The van der Waals surface area contributed by atoms with Crippen LogP contribution in [0.1, 0.15) is 15.2 Å². The maximum atomic E-state index is 12.1. The molecule has 7 heteroatoms. The van der Waals surface area contributed by atoms with E-state index >= 15 is 0 Å². The Labute approximate surface area is 134 Å². The van der Waals surface area contributed by atoms with Crippen molar-refractivity contribution in [3.05, 3.63) is 50.6 Å². The Balaban J connectivity index is 2.11. The molecule has 21 heavy (non-hydrogen) atoms. The van der Waals surface area contributed by atoms with Gasteiger partial charge in [0.05, 0.1) is 17.8 Å². The molecule has 0 saturated heterocycles. The van der Waals surface area contributed by atoms with E-state index in [0.29, 0.717) is 11.0 Å². The van der Waals surface area contributed by atoms with Gasteiger partial charge in [0.15, 0.2) is 0 Å². The van der Waals surface area contributed by atoms with Crippen molar-refractivity contribution in [2.75, 3.05) is 12.4 Å². The molecule has 0 spiro atoms. The highest BCUT2D eigenvalue weighted by molar-refractivity contribution is 9.10. The lowest BCUT2D eigenvalue weighted by Crippen LogP contribution is -2.31. The van der Waals surface area contributed by atoms with Gasteiger partial charge in [-0.15, -0.1) is 11.3 Å². The highest BCUT2D eigenvalue weighted by Gasteiger charge is 2.15. The number of carboxylic acids is 1. The lowest BCUT2D eigenvalue weighted by atomic mass is 10.2. The summed E-state index contributed by atoms with van der Waals surface area (Å²) in [6.45, 7) is 0.472. The van der Waals surface area contributed by atoms with Crippen molar-refractivity contribution in [1.82, 2.24) is 4.90 Å². The number of nitrogens with one attached hydrogen (secondary N) is 1. The summed E-state index contributed by atoms with van der Waals surface area (Å²) in [5.41, 5.74) is 0.316. The smallest absolute Gasteiger partial charge is 0.337 e. The van der Waals surface area contributed by atoms with Gasteiger partial charge in [-0.2, -0.15) is 0 Å². The van der Waals surface area contributed by atoms with Crippen LogP contribution in [0, 0.1) is 0 Å². The minimum Gasteiger partial charge on any atom is -0.478 e. The Bertz CT molecular complexity index is 658. The fourth-order valence-corrected chi connectivity index (χ4v) is 2.84. The average molecular weight is 369 g/mol. The fraction of sp³-hybridized carbons (Fsp3) is 0.143. The third-order valence-electron chi connectivity index (χ3n) is 2.77. The highest BCUT2D eigenvalue weighted by Crippen LogP contribution is 2.22. The van der Waals surface area contributed by atoms with Crippen LogP contribution in [0.2, 0.25) is 0 Å². The number of nitrogens with zero attached hydrogens (tertiary/aromatic N) is 1. The molecule has 2 amide bonds. The second-order valence-electron chi connectivity index (χ2n) is 4.36. The molecule has 1 aromatic heterocycles. The molecule has 5 nitrogen and oxygen atoms in total. The van der Waals surface area contributed by atoms with E-state index in [2.05, 4.69) is 21.2 Å². The van der Waals surface area contributed by atoms with Crippen LogP contribution >= 0.6 is 27.3 Å². The Hall–Kier alpha value is -1.86. The summed E-state index contributed by atoms with van der Waals surface area (Å²) >= 11 is 4.83. The van der Waals surface area contributed by atoms with E-state index in [0.717, 1.165) is 4.88 Å². The molecule has 1 aromatic carbocycles. The highest BCUT2D eigenvalue weighted by atomic mass is 79.9. The number of aromatic carboxylic acids is 1.